The second kappa shape index (κ2) is 6.97. The maximum absolute atomic E-state index is 11.1. The van der Waals surface area contributed by atoms with Gasteiger partial charge in [0.1, 0.15) is 0 Å². The normalized spacial score (nSPS) is 10.8. The molecule has 0 radical (unpaired) electrons. The molecule has 7 heteroatoms. The van der Waals surface area contributed by atoms with Crippen LogP contribution >= 0.6 is 23.1 Å². The van der Waals surface area contributed by atoms with E-state index in [1.807, 2.05) is 23.6 Å². The molecule has 0 saturated heterocycles. The van der Waals surface area contributed by atoms with Gasteiger partial charge in [0.25, 0.3) is 0 Å². The van der Waals surface area contributed by atoms with E-state index < -0.39 is 5.91 Å². The third-order valence-corrected chi connectivity index (χ3v) is 5.28. The summed E-state index contributed by atoms with van der Waals surface area (Å²) in [5, 5.41) is 11.6. The molecule has 0 aliphatic heterocycles. The van der Waals surface area contributed by atoms with Gasteiger partial charge in [-0.15, -0.1) is 21.5 Å². The third-order valence-electron chi connectivity index (χ3n) is 3.38. The summed E-state index contributed by atoms with van der Waals surface area (Å²) in [7, 11) is 0. The number of rotatable bonds is 6. The second-order valence-corrected chi connectivity index (χ2v) is 6.77. The number of carbonyl (C=O) groups excluding carboxylic acids is 1. The maximum atomic E-state index is 11.1. The molecule has 1 aromatic carbocycles. The Morgan fingerprint density at radius 1 is 1.26 bits per heavy atom. The SMILES string of the molecule is CCn1c(SCc2ccc(C(N)=O)cc2)nnc1-c1cccs1. The van der Waals surface area contributed by atoms with Crippen LogP contribution in [0.3, 0.4) is 0 Å². The Kier molecular flexibility index (Phi) is 4.78. The number of thiophene rings is 1. The van der Waals surface area contributed by atoms with Gasteiger partial charge in [0.2, 0.25) is 5.91 Å². The van der Waals surface area contributed by atoms with Gasteiger partial charge in [-0.25, -0.2) is 0 Å². The first kappa shape index (κ1) is 15.8. The van der Waals surface area contributed by atoms with Gasteiger partial charge in [0.05, 0.1) is 4.88 Å². The van der Waals surface area contributed by atoms with E-state index in [1.54, 1.807) is 35.2 Å². The average Bonchev–Trinajstić information content (AvgIpc) is 3.22. The summed E-state index contributed by atoms with van der Waals surface area (Å²) in [4.78, 5) is 12.2. The summed E-state index contributed by atoms with van der Waals surface area (Å²) in [6.07, 6.45) is 0. The smallest absolute Gasteiger partial charge is 0.248 e. The van der Waals surface area contributed by atoms with Crippen molar-refractivity contribution in [2.75, 3.05) is 0 Å². The van der Waals surface area contributed by atoms with Crippen molar-refractivity contribution in [1.29, 1.82) is 0 Å². The predicted molar refractivity (Wildman–Crippen MR) is 93.5 cm³/mol. The van der Waals surface area contributed by atoms with Gasteiger partial charge in [-0.1, -0.05) is 30.0 Å². The molecule has 0 atom stereocenters. The summed E-state index contributed by atoms with van der Waals surface area (Å²) in [6.45, 7) is 2.91. The Labute approximate surface area is 142 Å². The fourth-order valence-electron chi connectivity index (χ4n) is 2.18. The number of nitrogens with two attached hydrogens (primary N) is 1. The molecule has 1 amide bonds. The number of aromatic nitrogens is 3. The van der Waals surface area contributed by atoms with Gasteiger partial charge in [-0.2, -0.15) is 0 Å². The van der Waals surface area contributed by atoms with Crippen molar-refractivity contribution in [2.45, 2.75) is 24.4 Å². The minimum Gasteiger partial charge on any atom is -0.366 e. The molecule has 2 heterocycles. The lowest BCUT2D eigenvalue weighted by molar-refractivity contribution is 0.100. The molecule has 0 aliphatic rings. The van der Waals surface area contributed by atoms with Crippen molar-refractivity contribution < 1.29 is 4.79 Å². The molecule has 2 aromatic heterocycles. The van der Waals surface area contributed by atoms with Crippen LogP contribution in [0.4, 0.5) is 0 Å². The van der Waals surface area contributed by atoms with Crippen LogP contribution in [-0.4, -0.2) is 20.7 Å². The third kappa shape index (κ3) is 3.46. The van der Waals surface area contributed by atoms with E-state index in [0.29, 0.717) is 5.56 Å². The number of nitrogens with zero attached hydrogens (tertiary/aromatic N) is 3. The minimum atomic E-state index is -0.407. The lowest BCUT2D eigenvalue weighted by Gasteiger charge is -2.06. The van der Waals surface area contributed by atoms with Gasteiger partial charge < -0.3 is 10.3 Å². The summed E-state index contributed by atoms with van der Waals surface area (Å²) in [5.41, 5.74) is 6.89. The Morgan fingerprint density at radius 3 is 2.65 bits per heavy atom. The summed E-state index contributed by atoms with van der Waals surface area (Å²) >= 11 is 3.30. The van der Waals surface area contributed by atoms with Crippen LogP contribution in [0.1, 0.15) is 22.8 Å². The van der Waals surface area contributed by atoms with Crippen molar-refractivity contribution in [3.63, 3.8) is 0 Å². The first-order chi connectivity index (χ1) is 11.2. The van der Waals surface area contributed by atoms with Gasteiger partial charge >= 0.3 is 0 Å². The van der Waals surface area contributed by atoms with Crippen LogP contribution in [0.2, 0.25) is 0 Å². The second-order valence-electron chi connectivity index (χ2n) is 4.88. The highest BCUT2D eigenvalue weighted by molar-refractivity contribution is 7.98. The van der Waals surface area contributed by atoms with E-state index in [2.05, 4.69) is 27.8 Å². The first-order valence-corrected chi connectivity index (χ1v) is 9.04. The van der Waals surface area contributed by atoms with Crippen molar-refractivity contribution in [3.05, 3.63) is 52.9 Å². The monoisotopic (exact) mass is 344 g/mol. The molecular formula is C16H16N4OS2. The summed E-state index contributed by atoms with van der Waals surface area (Å²) in [5.74, 6) is 1.27. The Hall–Kier alpha value is -2.12. The predicted octanol–water partition coefficient (Wildman–Crippen LogP) is 3.42. The minimum absolute atomic E-state index is 0.407. The highest BCUT2D eigenvalue weighted by atomic mass is 32.2. The molecule has 0 unspecified atom stereocenters. The van der Waals surface area contributed by atoms with Crippen molar-refractivity contribution in [1.82, 2.24) is 14.8 Å². The number of primary amides is 1. The molecule has 118 valence electrons. The highest BCUT2D eigenvalue weighted by Crippen LogP contribution is 2.28. The average molecular weight is 344 g/mol. The topological polar surface area (TPSA) is 73.8 Å². The highest BCUT2D eigenvalue weighted by Gasteiger charge is 2.13. The number of carbonyl (C=O) groups is 1. The van der Waals surface area contributed by atoms with E-state index in [-0.39, 0.29) is 0 Å². The van der Waals surface area contributed by atoms with Crippen molar-refractivity contribution >= 4 is 29.0 Å². The number of thioether (sulfide) groups is 1. The molecule has 3 aromatic rings. The van der Waals surface area contributed by atoms with Crippen LogP contribution in [0.25, 0.3) is 10.7 Å². The molecule has 0 fully saturated rings. The lowest BCUT2D eigenvalue weighted by atomic mass is 10.1. The fraction of sp³-hybridized carbons (Fsp3) is 0.188. The molecular weight excluding hydrogens is 328 g/mol. The first-order valence-electron chi connectivity index (χ1n) is 7.17. The van der Waals surface area contributed by atoms with E-state index in [9.17, 15) is 4.79 Å². The standard InChI is InChI=1S/C16H16N4OS2/c1-2-20-15(13-4-3-9-22-13)18-19-16(20)23-10-11-5-7-12(8-6-11)14(17)21/h3-9H,2,10H2,1H3,(H2,17,21). The van der Waals surface area contributed by atoms with Crippen LogP contribution < -0.4 is 5.73 Å². The number of hydrogen-bond donors (Lipinski definition) is 1. The molecule has 0 aliphatic carbocycles. The van der Waals surface area contributed by atoms with Gasteiger partial charge in [-0.3, -0.25) is 4.79 Å². The number of amides is 1. The van der Waals surface area contributed by atoms with Crippen LogP contribution in [0.15, 0.2) is 46.9 Å². The van der Waals surface area contributed by atoms with Crippen LogP contribution in [-0.2, 0) is 12.3 Å². The number of hydrogen-bond acceptors (Lipinski definition) is 5. The van der Waals surface area contributed by atoms with Crippen molar-refractivity contribution in [3.8, 4) is 10.7 Å². The Morgan fingerprint density at radius 2 is 2.04 bits per heavy atom. The van der Waals surface area contributed by atoms with Gasteiger partial charge in [-0.05, 0) is 36.1 Å². The summed E-state index contributed by atoms with van der Waals surface area (Å²) < 4.78 is 2.12. The number of benzene rings is 1. The lowest BCUT2D eigenvalue weighted by Crippen LogP contribution is -2.10. The van der Waals surface area contributed by atoms with Crippen molar-refractivity contribution in [2.24, 2.45) is 5.73 Å². The van der Waals surface area contributed by atoms with Crippen LogP contribution in [0.5, 0.6) is 0 Å². The van der Waals surface area contributed by atoms with E-state index >= 15 is 0 Å². The van der Waals surface area contributed by atoms with E-state index in [4.69, 9.17) is 5.73 Å². The summed E-state index contributed by atoms with van der Waals surface area (Å²) in [6, 6.07) is 11.4. The molecule has 3 rings (SSSR count). The maximum Gasteiger partial charge on any atom is 0.248 e. The Bertz CT molecular complexity index is 794. The largest absolute Gasteiger partial charge is 0.366 e. The molecule has 0 saturated carbocycles. The molecule has 0 bridgehead atoms. The van der Waals surface area contributed by atoms with E-state index in [0.717, 1.165) is 33.7 Å². The molecule has 0 spiro atoms. The molecule has 23 heavy (non-hydrogen) atoms. The molecule has 2 N–H and O–H groups in total. The quantitative estimate of drug-likeness (QED) is 0.695. The zero-order valence-electron chi connectivity index (χ0n) is 12.6. The van der Waals surface area contributed by atoms with Gasteiger partial charge in [0.15, 0.2) is 11.0 Å². The molecule has 5 nitrogen and oxygen atoms in total. The zero-order chi connectivity index (χ0) is 16.2. The zero-order valence-corrected chi connectivity index (χ0v) is 14.2. The van der Waals surface area contributed by atoms with Crippen LogP contribution in [0, 0.1) is 0 Å². The fourth-order valence-corrected chi connectivity index (χ4v) is 3.86. The van der Waals surface area contributed by atoms with E-state index in [1.165, 1.54) is 0 Å². The van der Waals surface area contributed by atoms with Gasteiger partial charge in [0, 0.05) is 17.9 Å². The Balaban J connectivity index is 1.74.